The van der Waals surface area contributed by atoms with Gasteiger partial charge in [0.15, 0.2) is 0 Å². The number of benzene rings is 1. The number of aliphatic hydroxyl groups excluding tert-OH is 1. The molecule has 0 bridgehead atoms. The summed E-state index contributed by atoms with van der Waals surface area (Å²) >= 11 is 0. The van der Waals surface area contributed by atoms with Gasteiger partial charge in [-0.05, 0) is 55.7 Å². The van der Waals surface area contributed by atoms with Crippen molar-refractivity contribution in [2.24, 2.45) is 5.92 Å². The van der Waals surface area contributed by atoms with Gasteiger partial charge in [-0.15, -0.1) is 0 Å². The van der Waals surface area contributed by atoms with E-state index in [2.05, 4.69) is 40.6 Å². The molecular formula is C22H29N3O2. The topological polar surface area (TPSA) is 65.5 Å². The summed E-state index contributed by atoms with van der Waals surface area (Å²) in [5, 5.41) is 11.9. The number of carbonyl (C=O) groups is 1. The Morgan fingerprint density at radius 2 is 1.93 bits per heavy atom. The number of carbonyl (C=O) groups excluding carboxylic acids is 1. The lowest BCUT2D eigenvalue weighted by molar-refractivity contribution is 0.0686. The van der Waals surface area contributed by atoms with Gasteiger partial charge in [0, 0.05) is 32.4 Å². The molecular weight excluding hydrogens is 338 g/mol. The molecule has 2 N–H and O–H groups in total. The van der Waals surface area contributed by atoms with Gasteiger partial charge < -0.3 is 15.3 Å². The van der Waals surface area contributed by atoms with Crippen molar-refractivity contribution in [1.82, 2.24) is 9.88 Å². The maximum Gasteiger partial charge on any atom is 0.255 e. The van der Waals surface area contributed by atoms with Gasteiger partial charge in [-0.3, -0.25) is 4.79 Å². The first-order valence-electron chi connectivity index (χ1n) is 9.90. The molecule has 144 valence electrons. The van der Waals surface area contributed by atoms with E-state index in [-0.39, 0.29) is 12.5 Å². The van der Waals surface area contributed by atoms with Crippen molar-refractivity contribution in [2.75, 3.05) is 31.6 Å². The molecule has 5 nitrogen and oxygen atoms in total. The number of aliphatic hydroxyl groups is 1. The number of nitrogens with zero attached hydrogens (tertiary/aromatic N) is 2. The number of anilines is 1. The fraction of sp³-hybridized carbons (Fsp3) is 0.455. The summed E-state index contributed by atoms with van der Waals surface area (Å²) in [7, 11) is 0. The van der Waals surface area contributed by atoms with E-state index in [1.54, 1.807) is 6.20 Å². The predicted molar refractivity (Wildman–Crippen MR) is 108 cm³/mol. The van der Waals surface area contributed by atoms with Crippen LogP contribution in [0, 0.1) is 5.92 Å². The summed E-state index contributed by atoms with van der Waals surface area (Å²) in [4.78, 5) is 18.9. The molecule has 1 saturated heterocycles. The summed E-state index contributed by atoms with van der Waals surface area (Å²) in [6.45, 7) is 2.49. The van der Waals surface area contributed by atoms with Gasteiger partial charge in [-0.1, -0.05) is 30.3 Å². The van der Waals surface area contributed by atoms with Crippen molar-refractivity contribution in [1.29, 1.82) is 0 Å². The van der Waals surface area contributed by atoms with E-state index in [9.17, 15) is 4.79 Å². The molecule has 0 saturated carbocycles. The Bertz CT molecular complexity index is 695. The Morgan fingerprint density at radius 3 is 2.59 bits per heavy atom. The average molecular weight is 367 g/mol. The fourth-order valence-corrected chi connectivity index (χ4v) is 3.54. The number of nitrogens with one attached hydrogen (secondary N) is 1. The summed E-state index contributed by atoms with van der Waals surface area (Å²) in [6, 6.07) is 14.3. The van der Waals surface area contributed by atoms with Crippen molar-refractivity contribution in [3.63, 3.8) is 0 Å². The van der Waals surface area contributed by atoms with Gasteiger partial charge in [0.2, 0.25) is 0 Å². The van der Waals surface area contributed by atoms with Crippen LogP contribution in [0.2, 0.25) is 0 Å². The fourth-order valence-electron chi connectivity index (χ4n) is 3.54. The first-order valence-corrected chi connectivity index (χ1v) is 9.90. The normalized spacial score (nSPS) is 14.9. The van der Waals surface area contributed by atoms with E-state index in [4.69, 9.17) is 5.11 Å². The number of hydrogen-bond acceptors (Lipinski definition) is 4. The van der Waals surface area contributed by atoms with Gasteiger partial charge in [-0.25, -0.2) is 4.98 Å². The number of amides is 1. The number of pyridine rings is 1. The quantitative estimate of drug-likeness (QED) is 0.702. The van der Waals surface area contributed by atoms with Gasteiger partial charge in [-0.2, -0.15) is 0 Å². The lowest BCUT2D eigenvalue weighted by atomic mass is 9.90. The van der Waals surface area contributed by atoms with Crippen LogP contribution in [-0.4, -0.2) is 47.1 Å². The number of aromatic nitrogens is 1. The molecule has 5 heteroatoms. The van der Waals surface area contributed by atoms with E-state index in [0.717, 1.165) is 38.2 Å². The van der Waals surface area contributed by atoms with Crippen LogP contribution in [0.15, 0.2) is 48.7 Å². The zero-order valence-corrected chi connectivity index (χ0v) is 15.8. The Kier molecular flexibility index (Phi) is 7.22. The second-order valence-corrected chi connectivity index (χ2v) is 7.20. The minimum atomic E-state index is 0.0749. The lowest BCUT2D eigenvalue weighted by Crippen LogP contribution is -2.38. The van der Waals surface area contributed by atoms with Crippen LogP contribution in [0.4, 0.5) is 5.82 Å². The van der Waals surface area contributed by atoms with Crippen LogP contribution in [-0.2, 0) is 6.42 Å². The Hall–Kier alpha value is -2.40. The highest BCUT2D eigenvalue weighted by atomic mass is 16.3. The standard InChI is InChI=1S/C22H29N3O2/c26-16-4-13-23-21-10-9-20(17-24-21)22(27)25-14-11-19(12-15-25)8-7-18-5-2-1-3-6-18/h1-3,5-6,9-10,17,19,26H,4,7-8,11-16H2,(H,23,24). The molecule has 27 heavy (non-hydrogen) atoms. The van der Waals surface area contributed by atoms with E-state index < -0.39 is 0 Å². The van der Waals surface area contributed by atoms with Crippen molar-refractivity contribution < 1.29 is 9.90 Å². The average Bonchev–Trinajstić information content (AvgIpc) is 2.74. The van der Waals surface area contributed by atoms with Crippen molar-refractivity contribution >= 4 is 11.7 Å². The molecule has 2 heterocycles. The van der Waals surface area contributed by atoms with Crippen molar-refractivity contribution in [3.05, 3.63) is 59.8 Å². The Balaban J connectivity index is 1.44. The van der Waals surface area contributed by atoms with Crippen molar-refractivity contribution in [3.8, 4) is 0 Å². The molecule has 0 radical (unpaired) electrons. The molecule has 1 aromatic carbocycles. The molecule has 1 aliphatic heterocycles. The minimum Gasteiger partial charge on any atom is -0.396 e. The van der Waals surface area contributed by atoms with Crippen molar-refractivity contribution in [2.45, 2.75) is 32.1 Å². The van der Waals surface area contributed by atoms with Crippen LogP contribution >= 0.6 is 0 Å². The summed E-state index contributed by atoms with van der Waals surface area (Å²) in [6.07, 6.45) is 6.79. The third-order valence-corrected chi connectivity index (χ3v) is 5.24. The summed E-state index contributed by atoms with van der Waals surface area (Å²) in [5.41, 5.74) is 2.04. The SMILES string of the molecule is O=C(c1ccc(NCCCO)nc1)N1CCC(CCc2ccccc2)CC1. The monoisotopic (exact) mass is 367 g/mol. The molecule has 0 atom stereocenters. The second-order valence-electron chi connectivity index (χ2n) is 7.20. The second kappa shape index (κ2) is 10.1. The third kappa shape index (κ3) is 5.79. The first-order chi connectivity index (χ1) is 13.3. The van der Waals surface area contributed by atoms with E-state index in [1.807, 2.05) is 17.0 Å². The number of piperidine rings is 1. The lowest BCUT2D eigenvalue weighted by Gasteiger charge is -2.32. The molecule has 0 unspecified atom stereocenters. The van der Waals surface area contributed by atoms with Crippen LogP contribution in [0.1, 0.15) is 41.6 Å². The highest BCUT2D eigenvalue weighted by molar-refractivity contribution is 5.94. The highest BCUT2D eigenvalue weighted by Crippen LogP contribution is 2.23. The summed E-state index contributed by atoms with van der Waals surface area (Å²) < 4.78 is 0. The van der Waals surface area contributed by atoms with Gasteiger partial charge in [0.05, 0.1) is 5.56 Å². The van der Waals surface area contributed by atoms with Gasteiger partial charge >= 0.3 is 0 Å². The van der Waals surface area contributed by atoms with E-state index >= 15 is 0 Å². The number of likely N-dealkylation sites (tertiary alicyclic amines) is 1. The Morgan fingerprint density at radius 1 is 1.15 bits per heavy atom. The van der Waals surface area contributed by atoms with E-state index in [1.165, 1.54) is 12.0 Å². The highest BCUT2D eigenvalue weighted by Gasteiger charge is 2.23. The summed E-state index contributed by atoms with van der Waals surface area (Å²) in [5.74, 6) is 1.51. The molecule has 1 amide bonds. The number of hydrogen-bond donors (Lipinski definition) is 2. The first kappa shape index (κ1) is 19.4. The van der Waals surface area contributed by atoms with Gasteiger partial charge in [0.25, 0.3) is 5.91 Å². The molecule has 0 spiro atoms. The molecule has 1 aromatic heterocycles. The van der Waals surface area contributed by atoms with Crippen LogP contribution in [0.5, 0.6) is 0 Å². The molecule has 0 aliphatic carbocycles. The third-order valence-electron chi connectivity index (χ3n) is 5.24. The minimum absolute atomic E-state index is 0.0749. The number of rotatable bonds is 8. The smallest absolute Gasteiger partial charge is 0.255 e. The zero-order valence-electron chi connectivity index (χ0n) is 15.8. The van der Waals surface area contributed by atoms with Crippen LogP contribution < -0.4 is 5.32 Å². The number of aryl methyl sites for hydroxylation is 1. The Labute approximate surface area is 161 Å². The maximum atomic E-state index is 12.7. The van der Waals surface area contributed by atoms with Crippen LogP contribution in [0.3, 0.4) is 0 Å². The molecule has 1 aliphatic rings. The molecule has 1 fully saturated rings. The van der Waals surface area contributed by atoms with Gasteiger partial charge in [0.1, 0.15) is 5.82 Å². The maximum absolute atomic E-state index is 12.7. The zero-order chi connectivity index (χ0) is 18.9. The van der Waals surface area contributed by atoms with Crippen LogP contribution in [0.25, 0.3) is 0 Å². The van der Waals surface area contributed by atoms with E-state index in [0.29, 0.717) is 24.4 Å². The molecule has 2 aromatic rings. The molecule has 3 rings (SSSR count). The largest absolute Gasteiger partial charge is 0.396 e. The predicted octanol–water partition coefficient (Wildman–Crippen LogP) is 3.36.